The zero-order valence-electron chi connectivity index (χ0n) is 21.4. The predicted octanol–water partition coefficient (Wildman–Crippen LogP) is 5.28. The molecular formula is C29H28ClN3O6. The number of rotatable bonds is 9. The number of methoxy groups -OCH3 is 1. The van der Waals surface area contributed by atoms with Crippen LogP contribution in [0.2, 0.25) is 5.02 Å². The summed E-state index contributed by atoms with van der Waals surface area (Å²) in [6, 6.07) is 13.1. The topological polar surface area (TPSA) is 131 Å². The molecule has 10 heteroatoms. The molecule has 1 aliphatic rings. The van der Waals surface area contributed by atoms with E-state index >= 15 is 0 Å². The monoisotopic (exact) mass is 549 g/mol. The summed E-state index contributed by atoms with van der Waals surface area (Å²) < 4.78 is 12.8. The van der Waals surface area contributed by atoms with Crippen molar-refractivity contribution in [3.8, 4) is 22.9 Å². The van der Waals surface area contributed by atoms with E-state index in [1.807, 2.05) is 0 Å². The number of benzene rings is 2. The fraction of sp³-hybridized carbons (Fsp3) is 0.310. The van der Waals surface area contributed by atoms with Crippen molar-refractivity contribution in [2.24, 2.45) is 0 Å². The Hall–Kier alpha value is -4.13. The van der Waals surface area contributed by atoms with Gasteiger partial charge in [0, 0.05) is 34.5 Å². The van der Waals surface area contributed by atoms with Crippen LogP contribution in [0.5, 0.6) is 5.75 Å². The molecule has 2 aromatic carbocycles. The van der Waals surface area contributed by atoms with Crippen molar-refractivity contribution in [3.05, 3.63) is 81.2 Å². The Kier molecular flexibility index (Phi) is 9.02. The highest BCUT2D eigenvalue weighted by molar-refractivity contribution is 6.31. The Balaban J connectivity index is 1.70. The molecule has 39 heavy (non-hydrogen) atoms. The number of carboxylic acid groups (broad SMARTS) is 1. The van der Waals surface area contributed by atoms with Crippen molar-refractivity contribution in [1.29, 1.82) is 5.26 Å². The van der Waals surface area contributed by atoms with E-state index in [1.54, 1.807) is 18.2 Å². The van der Waals surface area contributed by atoms with Crippen molar-refractivity contribution in [1.82, 2.24) is 4.57 Å². The first-order valence-electron chi connectivity index (χ1n) is 12.6. The minimum atomic E-state index is -1.07. The van der Waals surface area contributed by atoms with Crippen LogP contribution < -0.4 is 15.6 Å². The zero-order valence-corrected chi connectivity index (χ0v) is 22.1. The Morgan fingerprint density at radius 2 is 1.97 bits per heavy atom. The molecular weight excluding hydrogens is 522 g/mol. The van der Waals surface area contributed by atoms with E-state index in [0.29, 0.717) is 52.6 Å². The second-order valence-electron chi connectivity index (χ2n) is 9.26. The Morgan fingerprint density at radius 1 is 1.21 bits per heavy atom. The number of carbonyl (C=O) groups excluding carboxylic acids is 1. The average Bonchev–Trinajstić information content (AvgIpc) is 2.94. The van der Waals surface area contributed by atoms with E-state index < -0.39 is 23.5 Å². The molecule has 1 saturated heterocycles. The van der Waals surface area contributed by atoms with Gasteiger partial charge in [0.05, 0.1) is 36.6 Å². The number of anilines is 1. The van der Waals surface area contributed by atoms with E-state index in [0.717, 1.165) is 19.3 Å². The van der Waals surface area contributed by atoms with Gasteiger partial charge < -0.3 is 19.9 Å². The molecule has 4 rings (SSSR count). The third-order valence-electron chi connectivity index (χ3n) is 6.73. The first-order chi connectivity index (χ1) is 18.8. The number of aromatic carboxylic acids is 1. The van der Waals surface area contributed by atoms with E-state index in [-0.39, 0.29) is 11.7 Å². The molecule has 9 nitrogen and oxygen atoms in total. The van der Waals surface area contributed by atoms with Crippen LogP contribution in [0.4, 0.5) is 5.69 Å². The smallest absolute Gasteiger partial charge is 0.335 e. The number of nitriles is 1. The van der Waals surface area contributed by atoms with Crippen LogP contribution in [-0.4, -0.2) is 41.4 Å². The van der Waals surface area contributed by atoms with Crippen molar-refractivity contribution in [3.63, 3.8) is 0 Å². The van der Waals surface area contributed by atoms with Gasteiger partial charge in [-0.3, -0.25) is 14.2 Å². The van der Waals surface area contributed by atoms with Crippen LogP contribution >= 0.6 is 11.6 Å². The van der Waals surface area contributed by atoms with Crippen molar-refractivity contribution in [2.75, 3.05) is 19.0 Å². The normalized spacial score (nSPS) is 15.7. The van der Waals surface area contributed by atoms with Gasteiger partial charge >= 0.3 is 5.97 Å². The van der Waals surface area contributed by atoms with Gasteiger partial charge in [-0.05, 0) is 74.6 Å². The molecule has 2 heterocycles. The van der Waals surface area contributed by atoms with Crippen LogP contribution in [0.1, 0.15) is 54.1 Å². The van der Waals surface area contributed by atoms with Gasteiger partial charge in [0.2, 0.25) is 5.91 Å². The molecule has 0 saturated carbocycles. The summed E-state index contributed by atoms with van der Waals surface area (Å²) in [7, 11) is 1.44. The van der Waals surface area contributed by atoms with Gasteiger partial charge in [0.15, 0.2) is 0 Å². The number of hydrogen-bond acceptors (Lipinski definition) is 6. The zero-order chi connectivity index (χ0) is 27.9. The van der Waals surface area contributed by atoms with Crippen molar-refractivity contribution in [2.45, 2.75) is 44.2 Å². The number of carboxylic acids is 1. The van der Waals surface area contributed by atoms with Gasteiger partial charge in [-0.15, -0.1) is 0 Å². The molecule has 2 atom stereocenters. The van der Waals surface area contributed by atoms with E-state index in [4.69, 9.17) is 26.2 Å². The highest BCUT2D eigenvalue weighted by Gasteiger charge is 2.26. The molecule has 1 aliphatic heterocycles. The lowest BCUT2D eigenvalue weighted by atomic mass is 9.99. The van der Waals surface area contributed by atoms with E-state index in [1.165, 1.54) is 48.2 Å². The summed E-state index contributed by atoms with van der Waals surface area (Å²) in [6.45, 7) is 0.667. The Labute approximate surface area is 230 Å². The van der Waals surface area contributed by atoms with Crippen LogP contribution in [0, 0.1) is 11.3 Å². The number of hydrogen-bond donors (Lipinski definition) is 2. The van der Waals surface area contributed by atoms with Gasteiger partial charge in [-0.2, -0.15) is 5.26 Å². The Morgan fingerprint density at radius 3 is 2.62 bits per heavy atom. The number of pyridine rings is 1. The SMILES string of the molecule is COc1cn([C@@H](CC[C@@H]2CCCCO2)C(=O)Nc2ccc(C(=O)O)cc2)c(=O)cc1-c1cc(Cl)ccc1C#N. The lowest BCUT2D eigenvalue weighted by Gasteiger charge is -2.26. The summed E-state index contributed by atoms with van der Waals surface area (Å²) in [5.41, 5.74) is 1.19. The molecule has 0 unspecified atom stereocenters. The number of nitrogens with one attached hydrogen (secondary N) is 1. The Bertz CT molecular complexity index is 1460. The maximum Gasteiger partial charge on any atom is 0.335 e. The lowest BCUT2D eigenvalue weighted by Crippen LogP contribution is -2.34. The van der Waals surface area contributed by atoms with Crippen LogP contribution in [0.3, 0.4) is 0 Å². The number of carbonyl (C=O) groups is 2. The fourth-order valence-corrected chi connectivity index (χ4v) is 4.85. The first-order valence-corrected chi connectivity index (χ1v) is 12.9. The first kappa shape index (κ1) is 27.9. The minimum absolute atomic E-state index is 0.00887. The van der Waals surface area contributed by atoms with Crippen molar-refractivity contribution >= 4 is 29.2 Å². The molecule has 2 N–H and O–H groups in total. The second-order valence-corrected chi connectivity index (χ2v) is 9.69. The highest BCUT2D eigenvalue weighted by atomic mass is 35.5. The average molecular weight is 550 g/mol. The second kappa shape index (κ2) is 12.6. The summed E-state index contributed by atoms with van der Waals surface area (Å²) in [5, 5.41) is 21.9. The molecule has 3 aromatic rings. The largest absolute Gasteiger partial charge is 0.495 e. The molecule has 0 bridgehead atoms. The molecule has 1 aromatic heterocycles. The summed E-state index contributed by atoms with van der Waals surface area (Å²) in [6.07, 6.45) is 5.28. The summed E-state index contributed by atoms with van der Waals surface area (Å²) in [5.74, 6) is -1.21. The molecule has 202 valence electrons. The maximum absolute atomic E-state index is 13.5. The van der Waals surface area contributed by atoms with Crippen LogP contribution in [0.15, 0.2) is 59.5 Å². The maximum atomic E-state index is 13.5. The van der Waals surface area contributed by atoms with Crippen LogP contribution in [0.25, 0.3) is 11.1 Å². The van der Waals surface area contributed by atoms with Gasteiger partial charge in [0.1, 0.15) is 11.8 Å². The molecule has 1 fully saturated rings. The van der Waals surface area contributed by atoms with E-state index in [2.05, 4.69) is 11.4 Å². The van der Waals surface area contributed by atoms with E-state index in [9.17, 15) is 19.6 Å². The quantitative estimate of drug-likeness (QED) is 0.371. The minimum Gasteiger partial charge on any atom is -0.495 e. The lowest BCUT2D eigenvalue weighted by molar-refractivity contribution is -0.119. The third kappa shape index (κ3) is 6.66. The molecule has 0 radical (unpaired) electrons. The van der Waals surface area contributed by atoms with Crippen molar-refractivity contribution < 1.29 is 24.2 Å². The number of halogens is 1. The number of nitrogens with zero attached hydrogens (tertiary/aromatic N) is 2. The summed E-state index contributed by atoms with van der Waals surface area (Å²) >= 11 is 6.17. The molecule has 0 spiro atoms. The van der Waals surface area contributed by atoms with Gasteiger partial charge in [0.25, 0.3) is 5.56 Å². The molecule has 0 aliphatic carbocycles. The number of ether oxygens (including phenoxy) is 2. The highest BCUT2D eigenvalue weighted by Crippen LogP contribution is 2.34. The number of aromatic nitrogens is 1. The number of amides is 1. The predicted molar refractivity (Wildman–Crippen MR) is 146 cm³/mol. The van der Waals surface area contributed by atoms with Crippen LogP contribution in [-0.2, 0) is 9.53 Å². The van der Waals surface area contributed by atoms with Gasteiger partial charge in [-0.25, -0.2) is 4.79 Å². The fourth-order valence-electron chi connectivity index (χ4n) is 4.68. The summed E-state index contributed by atoms with van der Waals surface area (Å²) in [4.78, 5) is 38.2. The third-order valence-corrected chi connectivity index (χ3v) is 6.97. The van der Waals surface area contributed by atoms with Gasteiger partial charge in [-0.1, -0.05) is 11.6 Å². The standard InChI is InChI=1S/C29H28ClN3O6/c1-38-26-17-33(27(34)15-24(26)23-14-20(30)8-5-19(23)16-31)25(12-11-22-4-2-3-13-39-22)28(35)32-21-9-6-18(7-10-21)29(36)37/h5-10,14-15,17,22,25H,2-4,11-13H2,1H3,(H,32,35)(H,36,37)/t22-,25-/m0/s1. The molecule has 1 amide bonds.